The lowest BCUT2D eigenvalue weighted by Gasteiger charge is -2.10. The fourth-order valence-corrected chi connectivity index (χ4v) is 2.33. The summed E-state index contributed by atoms with van der Waals surface area (Å²) in [6.45, 7) is -1.12. The summed E-state index contributed by atoms with van der Waals surface area (Å²) in [5, 5.41) is 31.5. The van der Waals surface area contributed by atoms with Gasteiger partial charge in [0, 0.05) is 18.1 Å². The number of hydrogen-bond acceptors (Lipinski definition) is 10. The molecule has 12 nitrogen and oxygen atoms in total. The zero-order valence-electron chi connectivity index (χ0n) is 13.0. The van der Waals surface area contributed by atoms with Crippen molar-refractivity contribution in [1.29, 1.82) is 0 Å². The highest BCUT2D eigenvalue weighted by Gasteiger charge is 2.47. The summed E-state index contributed by atoms with van der Waals surface area (Å²) >= 11 is 0. The molecule has 0 aliphatic heterocycles. The van der Waals surface area contributed by atoms with Crippen molar-refractivity contribution < 1.29 is 48.9 Å². The number of rotatable bonds is 7. The quantitative estimate of drug-likeness (QED) is 0.245. The van der Waals surface area contributed by atoms with Crippen molar-refractivity contribution in [2.75, 3.05) is 6.61 Å². The van der Waals surface area contributed by atoms with E-state index in [1.165, 1.54) is 12.1 Å². The molecule has 0 saturated heterocycles. The number of phenols is 1. The van der Waals surface area contributed by atoms with Crippen molar-refractivity contribution in [2.45, 2.75) is 17.7 Å². The van der Waals surface area contributed by atoms with Crippen LogP contribution in [0, 0.1) is 0 Å². The highest BCUT2D eigenvalue weighted by atomic mass is 31.1. The van der Waals surface area contributed by atoms with E-state index in [0.717, 1.165) is 6.07 Å². The molecule has 4 atom stereocenters. The molecule has 26 heavy (non-hydrogen) atoms. The minimum absolute atomic E-state index is 0.103. The van der Waals surface area contributed by atoms with Crippen molar-refractivity contribution in [2.24, 2.45) is 11.5 Å². The van der Waals surface area contributed by atoms with Gasteiger partial charge in [-0.2, -0.15) is 0 Å². The fraction of sp³-hybridized carbons (Fsp3) is 0.333. The van der Waals surface area contributed by atoms with Gasteiger partial charge in [0.2, 0.25) is 0 Å². The van der Waals surface area contributed by atoms with E-state index in [0.29, 0.717) is 0 Å². The molecule has 1 aromatic rings. The van der Waals surface area contributed by atoms with E-state index in [2.05, 4.69) is 0 Å². The Morgan fingerprint density at radius 2 is 1.77 bits per heavy atom. The van der Waals surface area contributed by atoms with E-state index in [4.69, 9.17) is 31.9 Å². The number of benzene rings is 1. The van der Waals surface area contributed by atoms with E-state index < -0.39 is 45.9 Å². The molecule has 8 N–H and O–H groups in total. The molecule has 0 amide bonds. The SMILES string of the molecule is NC(CO)(C(=O)O)[P+](=O)[O-].NC(Cc1ccc(O)cc1[P+](=O)[O-])C(=O)O. The van der Waals surface area contributed by atoms with Gasteiger partial charge in [-0.3, -0.25) is 10.5 Å². The first-order valence-corrected chi connectivity index (χ1v) is 8.94. The largest absolute Gasteiger partial charge is 0.593 e. The summed E-state index contributed by atoms with van der Waals surface area (Å²) in [6.07, 6.45) is -0.103. The van der Waals surface area contributed by atoms with E-state index in [9.17, 15) is 28.5 Å². The summed E-state index contributed by atoms with van der Waals surface area (Å²) in [5.74, 6) is -3.16. The van der Waals surface area contributed by atoms with Crippen LogP contribution >= 0.6 is 16.1 Å². The summed E-state index contributed by atoms with van der Waals surface area (Å²) in [5.41, 5.74) is 10.3. The van der Waals surface area contributed by atoms with Crippen molar-refractivity contribution in [1.82, 2.24) is 0 Å². The number of aromatic hydroxyl groups is 1. The van der Waals surface area contributed by atoms with Gasteiger partial charge in [0.25, 0.3) is 0 Å². The molecule has 144 valence electrons. The highest BCUT2D eigenvalue weighted by molar-refractivity contribution is 7.46. The highest BCUT2D eigenvalue weighted by Crippen LogP contribution is 2.25. The first-order valence-electron chi connectivity index (χ1n) is 6.59. The van der Waals surface area contributed by atoms with Gasteiger partial charge in [-0.1, -0.05) is 15.2 Å². The summed E-state index contributed by atoms with van der Waals surface area (Å²) < 4.78 is 20.9. The van der Waals surface area contributed by atoms with Crippen LogP contribution < -0.4 is 26.6 Å². The number of phenolic OH excluding ortho intramolecular Hbond substituents is 1. The smallest absolute Gasteiger partial charge is 0.377 e. The number of aliphatic hydroxyl groups excluding tert-OH is 1. The molecule has 1 aromatic carbocycles. The molecule has 0 aliphatic carbocycles. The van der Waals surface area contributed by atoms with E-state index in [1.807, 2.05) is 0 Å². The second kappa shape index (κ2) is 10.2. The number of carboxylic acid groups (broad SMARTS) is 2. The van der Waals surface area contributed by atoms with Crippen LogP contribution in [0.1, 0.15) is 5.56 Å². The average molecular weight is 410 g/mol. The van der Waals surface area contributed by atoms with Crippen LogP contribution in [0.5, 0.6) is 5.75 Å². The van der Waals surface area contributed by atoms with Crippen LogP contribution in [0.25, 0.3) is 0 Å². The van der Waals surface area contributed by atoms with Gasteiger partial charge in [-0.15, -0.1) is 0 Å². The monoisotopic (exact) mass is 410 g/mol. The first-order chi connectivity index (χ1) is 11.9. The van der Waals surface area contributed by atoms with Crippen LogP contribution in [0.2, 0.25) is 0 Å². The van der Waals surface area contributed by atoms with Gasteiger partial charge < -0.3 is 35.9 Å². The molecule has 1 rings (SSSR count). The molecule has 0 bridgehead atoms. The molecule has 4 unspecified atom stereocenters. The number of aliphatic hydroxyl groups is 1. The molecule has 0 aromatic heterocycles. The summed E-state index contributed by atoms with van der Waals surface area (Å²) in [7, 11) is -6.25. The van der Waals surface area contributed by atoms with Gasteiger partial charge in [0.05, 0.1) is 0 Å². The van der Waals surface area contributed by atoms with Crippen LogP contribution in [0.15, 0.2) is 18.2 Å². The number of nitrogens with two attached hydrogens (primary N) is 2. The molecule has 0 spiro atoms. The molecule has 0 heterocycles. The zero-order valence-corrected chi connectivity index (χ0v) is 14.8. The van der Waals surface area contributed by atoms with Crippen LogP contribution in [-0.2, 0) is 25.1 Å². The third-order valence-electron chi connectivity index (χ3n) is 2.96. The molecule has 0 radical (unpaired) electrons. The minimum atomic E-state index is -3.36. The predicted octanol–water partition coefficient (Wildman–Crippen LogP) is -3.10. The lowest BCUT2D eigenvalue weighted by atomic mass is 10.1. The Labute approximate surface area is 148 Å². The Balaban J connectivity index is 0.000000541. The maximum Gasteiger partial charge on any atom is 0.377 e. The standard InChI is InChI=1S/C9H10NO5P.C3H6NO5P/c10-7(9(12)13)3-5-1-2-6(11)4-8(5)16(14)15;4-3(1-5,2(6)7)10(8)9/h1-2,4,7,11H,3,10H2,(H,12,13);5H,1,4H2,(H,6,7). The predicted molar refractivity (Wildman–Crippen MR) is 83.9 cm³/mol. The van der Waals surface area contributed by atoms with Gasteiger partial charge in [-0.25, -0.2) is 4.79 Å². The molecule has 0 saturated carbocycles. The van der Waals surface area contributed by atoms with Crippen molar-refractivity contribution >= 4 is 33.3 Å². The van der Waals surface area contributed by atoms with Crippen LogP contribution in [0.4, 0.5) is 0 Å². The zero-order chi connectivity index (χ0) is 20.7. The normalized spacial score (nSPS) is 15.0. The number of aliphatic carboxylic acids is 2. The van der Waals surface area contributed by atoms with E-state index in [1.54, 1.807) is 0 Å². The molecule has 0 aliphatic rings. The fourth-order valence-electron chi connectivity index (χ4n) is 1.42. The third kappa shape index (κ3) is 6.70. The minimum Gasteiger partial charge on any atom is -0.593 e. The Bertz CT molecular complexity index is 697. The second-order valence-electron chi connectivity index (χ2n) is 4.86. The maximum absolute atomic E-state index is 10.9. The molecule has 14 heteroatoms. The van der Waals surface area contributed by atoms with Gasteiger partial charge >= 0.3 is 33.3 Å². The second-order valence-corrected chi connectivity index (χ2v) is 7.17. The van der Waals surface area contributed by atoms with Crippen LogP contribution in [-0.4, -0.2) is 50.3 Å². The number of carbonyl (C=O) groups is 2. The lowest BCUT2D eigenvalue weighted by molar-refractivity contribution is -0.174. The lowest BCUT2D eigenvalue weighted by Crippen LogP contribution is -2.49. The Hall–Kier alpha value is -2.04. The summed E-state index contributed by atoms with van der Waals surface area (Å²) in [4.78, 5) is 41.5. The van der Waals surface area contributed by atoms with Crippen molar-refractivity contribution in [3.05, 3.63) is 23.8 Å². The first kappa shape index (κ1) is 24.0. The molecular formula is C12H16N2O10P2. The van der Waals surface area contributed by atoms with Gasteiger partial charge in [0.1, 0.15) is 18.4 Å². The Kier molecular flexibility index (Phi) is 9.39. The van der Waals surface area contributed by atoms with E-state index >= 15 is 0 Å². The van der Waals surface area contributed by atoms with Gasteiger partial charge in [-0.05, 0) is 6.07 Å². The Morgan fingerprint density at radius 1 is 1.23 bits per heavy atom. The number of hydrogen-bond donors (Lipinski definition) is 6. The average Bonchev–Trinajstić information content (AvgIpc) is 2.55. The number of carboxylic acids is 2. The van der Waals surface area contributed by atoms with Crippen LogP contribution in [0.3, 0.4) is 0 Å². The molecular weight excluding hydrogens is 394 g/mol. The van der Waals surface area contributed by atoms with E-state index in [-0.39, 0.29) is 23.0 Å². The Morgan fingerprint density at radius 3 is 2.08 bits per heavy atom. The van der Waals surface area contributed by atoms with Crippen molar-refractivity contribution in [3.63, 3.8) is 0 Å². The van der Waals surface area contributed by atoms with Crippen molar-refractivity contribution in [3.8, 4) is 5.75 Å². The van der Waals surface area contributed by atoms with Gasteiger partial charge in [0.15, 0.2) is 5.30 Å². The molecule has 0 fully saturated rings. The summed E-state index contributed by atoms with van der Waals surface area (Å²) in [6, 6.07) is 2.53. The third-order valence-corrected chi connectivity index (χ3v) is 4.75. The topological polar surface area (TPSA) is 247 Å². The maximum atomic E-state index is 10.9.